The minimum atomic E-state index is -0.717. The van der Waals surface area contributed by atoms with E-state index in [-0.39, 0.29) is 0 Å². The Morgan fingerprint density at radius 3 is 2.45 bits per heavy atom. The van der Waals surface area contributed by atoms with Crippen LogP contribution < -0.4 is 4.74 Å². The molecule has 1 unspecified atom stereocenters. The molecule has 1 aromatic rings. The summed E-state index contributed by atoms with van der Waals surface area (Å²) >= 11 is 0. The van der Waals surface area contributed by atoms with Crippen molar-refractivity contribution in [1.82, 2.24) is 0 Å². The molecule has 0 aliphatic rings. The molecule has 110 valence electrons. The van der Waals surface area contributed by atoms with E-state index in [1.807, 2.05) is 6.92 Å². The van der Waals surface area contributed by atoms with Crippen molar-refractivity contribution in [2.24, 2.45) is 0 Å². The van der Waals surface area contributed by atoms with E-state index in [2.05, 4.69) is 0 Å². The summed E-state index contributed by atoms with van der Waals surface area (Å²) in [6.45, 7) is 2.02. The summed E-state index contributed by atoms with van der Waals surface area (Å²) in [7, 11) is 2.62. The first-order valence-electron chi connectivity index (χ1n) is 6.55. The van der Waals surface area contributed by atoms with E-state index in [1.54, 1.807) is 24.3 Å². The highest BCUT2D eigenvalue weighted by molar-refractivity contribution is 5.92. The Balaban J connectivity index is 2.92. The molecule has 1 aromatic carbocycles. The van der Waals surface area contributed by atoms with Gasteiger partial charge in [0.2, 0.25) is 0 Å². The average Bonchev–Trinajstić information content (AvgIpc) is 2.50. The van der Waals surface area contributed by atoms with E-state index in [0.29, 0.717) is 17.7 Å². The van der Waals surface area contributed by atoms with Crippen LogP contribution >= 0.6 is 0 Å². The Labute approximate surface area is 118 Å². The standard InChI is InChI=1S/C15H20O5/c1-4-5-9-13(15(17)19-3)20-12-10-7-6-8-11(12)14(16)18-2/h6-8,10,13H,4-5,9H2,1-3H3. The van der Waals surface area contributed by atoms with Gasteiger partial charge in [-0.3, -0.25) is 0 Å². The van der Waals surface area contributed by atoms with Crippen molar-refractivity contribution < 1.29 is 23.8 Å². The molecule has 5 heteroatoms. The Morgan fingerprint density at radius 2 is 1.85 bits per heavy atom. The van der Waals surface area contributed by atoms with Crippen LogP contribution in [0.1, 0.15) is 36.5 Å². The van der Waals surface area contributed by atoms with Crippen LogP contribution in [0.2, 0.25) is 0 Å². The molecule has 20 heavy (non-hydrogen) atoms. The summed E-state index contributed by atoms with van der Waals surface area (Å²) in [6.07, 6.45) is 1.60. The number of para-hydroxylation sites is 1. The number of unbranched alkanes of at least 4 members (excludes halogenated alkanes) is 1. The van der Waals surface area contributed by atoms with Crippen molar-refractivity contribution in [3.8, 4) is 5.75 Å². The van der Waals surface area contributed by atoms with E-state index in [4.69, 9.17) is 14.2 Å². The van der Waals surface area contributed by atoms with Crippen LogP contribution in [0.5, 0.6) is 5.75 Å². The highest BCUT2D eigenvalue weighted by atomic mass is 16.6. The normalized spacial score (nSPS) is 11.6. The van der Waals surface area contributed by atoms with E-state index in [0.717, 1.165) is 12.8 Å². The smallest absolute Gasteiger partial charge is 0.347 e. The molecule has 0 aromatic heterocycles. The predicted molar refractivity (Wildman–Crippen MR) is 73.7 cm³/mol. The minimum absolute atomic E-state index is 0.292. The molecule has 0 saturated heterocycles. The van der Waals surface area contributed by atoms with Gasteiger partial charge in [0.1, 0.15) is 11.3 Å². The molecule has 0 radical (unpaired) electrons. The minimum Gasteiger partial charge on any atom is -0.478 e. The van der Waals surface area contributed by atoms with Gasteiger partial charge in [0, 0.05) is 0 Å². The molecule has 0 spiro atoms. The topological polar surface area (TPSA) is 61.8 Å². The van der Waals surface area contributed by atoms with Crippen LogP contribution in [0.4, 0.5) is 0 Å². The Hall–Kier alpha value is -2.04. The third kappa shape index (κ3) is 4.26. The molecule has 0 aliphatic heterocycles. The first kappa shape index (κ1) is 16.0. The van der Waals surface area contributed by atoms with E-state index < -0.39 is 18.0 Å². The number of carbonyl (C=O) groups is 2. The van der Waals surface area contributed by atoms with Gasteiger partial charge in [0.05, 0.1) is 14.2 Å². The van der Waals surface area contributed by atoms with Gasteiger partial charge in [-0.05, 0) is 25.0 Å². The highest BCUT2D eigenvalue weighted by Gasteiger charge is 2.23. The lowest BCUT2D eigenvalue weighted by Crippen LogP contribution is -2.29. The maximum Gasteiger partial charge on any atom is 0.347 e. The zero-order valence-electron chi connectivity index (χ0n) is 12.0. The Bertz CT molecular complexity index is 455. The van der Waals surface area contributed by atoms with Gasteiger partial charge in [-0.1, -0.05) is 25.5 Å². The molecule has 1 rings (SSSR count). The van der Waals surface area contributed by atoms with Crippen LogP contribution in [0, 0.1) is 0 Å². The number of hydrogen-bond acceptors (Lipinski definition) is 5. The summed E-state index contributed by atoms with van der Waals surface area (Å²) in [5.41, 5.74) is 0.292. The maximum absolute atomic E-state index is 11.7. The summed E-state index contributed by atoms with van der Waals surface area (Å²) in [4.78, 5) is 23.4. The SMILES string of the molecule is CCCCC(Oc1ccccc1C(=O)OC)C(=O)OC. The molecule has 1 atom stereocenters. The quantitative estimate of drug-likeness (QED) is 0.718. The number of carbonyl (C=O) groups excluding carboxylic acids is 2. The largest absolute Gasteiger partial charge is 0.478 e. The fraction of sp³-hybridized carbons (Fsp3) is 0.467. The molecule has 5 nitrogen and oxygen atoms in total. The summed E-state index contributed by atoms with van der Waals surface area (Å²) in [5, 5.41) is 0. The van der Waals surface area contributed by atoms with Gasteiger partial charge in [0.15, 0.2) is 6.10 Å². The molecule has 0 aliphatic carbocycles. The van der Waals surface area contributed by atoms with Crippen LogP contribution in [-0.2, 0) is 14.3 Å². The van der Waals surface area contributed by atoms with E-state index in [1.165, 1.54) is 14.2 Å². The van der Waals surface area contributed by atoms with Crippen molar-refractivity contribution in [3.05, 3.63) is 29.8 Å². The zero-order valence-corrected chi connectivity index (χ0v) is 12.0. The van der Waals surface area contributed by atoms with Gasteiger partial charge in [0.25, 0.3) is 0 Å². The Kier molecular flexibility index (Phi) is 6.56. The van der Waals surface area contributed by atoms with E-state index >= 15 is 0 Å². The number of hydrogen-bond donors (Lipinski definition) is 0. The average molecular weight is 280 g/mol. The summed E-state index contributed by atoms with van der Waals surface area (Å²) in [5.74, 6) is -0.622. The Morgan fingerprint density at radius 1 is 1.15 bits per heavy atom. The molecule has 0 saturated carbocycles. The van der Waals surface area contributed by atoms with Crippen LogP contribution in [0.25, 0.3) is 0 Å². The molecule has 0 amide bonds. The first-order chi connectivity index (χ1) is 9.63. The number of benzene rings is 1. The van der Waals surface area contributed by atoms with Crippen molar-refractivity contribution in [3.63, 3.8) is 0 Å². The highest BCUT2D eigenvalue weighted by Crippen LogP contribution is 2.22. The van der Waals surface area contributed by atoms with Crippen molar-refractivity contribution in [2.75, 3.05) is 14.2 Å². The van der Waals surface area contributed by atoms with Crippen molar-refractivity contribution in [1.29, 1.82) is 0 Å². The third-order valence-corrected chi connectivity index (χ3v) is 2.85. The van der Waals surface area contributed by atoms with E-state index in [9.17, 15) is 9.59 Å². The summed E-state index contributed by atoms with van der Waals surface area (Å²) < 4.78 is 15.1. The monoisotopic (exact) mass is 280 g/mol. The van der Waals surface area contributed by atoms with Crippen LogP contribution in [-0.4, -0.2) is 32.3 Å². The second-order valence-corrected chi connectivity index (χ2v) is 4.26. The number of esters is 2. The fourth-order valence-electron chi connectivity index (χ4n) is 1.75. The molecule has 0 fully saturated rings. The number of rotatable bonds is 7. The first-order valence-corrected chi connectivity index (χ1v) is 6.55. The fourth-order valence-corrected chi connectivity index (χ4v) is 1.75. The second kappa shape index (κ2) is 8.19. The summed E-state index contributed by atoms with van der Waals surface area (Å²) in [6, 6.07) is 6.66. The van der Waals surface area contributed by atoms with Gasteiger partial charge in [-0.25, -0.2) is 9.59 Å². The third-order valence-electron chi connectivity index (χ3n) is 2.85. The van der Waals surface area contributed by atoms with Gasteiger partial charge < -0.3 is 14.2 Å². The number of methoxy groups -OCH3 is 2. The lowest BCUT2D eigenvalue weighted by Gasteiger charge is -2.18. The molecule has 0 N–H and O–H groups in total. The van der Waals surface area contributed by atoms with Gasteiger partial charge in [-0.15, -0.1) is 0 Å². The number of ether oxygens (including phenoxy) is 3. The van der Waals surface area contributed by atoms with Crippen LogP contribution in [0.3, 0.4) is 0 Å². The zero-order chi connectivity index (χ0) is 15.0. The predicted octanol–water partition coefficient (Wildman–Crippen LogP) is 2.58. The molecular weight excluding hydrogens is 260 g/mol. The van der Waals surface area contributed by atoms with Crippen molar-refractivity contribution >= 4 is 11.9 Å². The van der Waals surface area contributed by atoms with Gasteiger partial charge >= 0.3 is 11.9 Å². The van der Waals surface area contributed by atoms with Crippen LogP contribution in [0.15, 0.2) is 24.3 Å². The van der Waals surface area contributed by atoms with Crippen molar-refractivity contribution in [2.45, 2.75) is 32.3 Å². The maximum atomic E-state index is 11.7. The second-order valence-electron chi connectivity index (χ2n) is 4.26. The van der Waals surface area contributed by atoms with Gasteiger partial charge in [-0.2, -0.15) is 0 Å². The molecular formula is C15H20O5. The molecule has 0 bridgehead atoms. The molecule has 0 heterocycles. The lowest BCUT2D eigenvalue weighted by molar-refractivity contribution is -0.149. The lowest BCUT2D eigenvalue weighted by atomic mass is 10.1.